The van der Waals surface area contributed by atoms with E-state index >= 15 is 0 Å². The summed E-state index contributed by atoms with van der Waals surface area (Å²) in [6.45, 7) is 2.53. The number of amides is 1. The van der Waals surface area contributed by atoms with E-state index in [0.29, 0.717) is 28.4 Å². The highest BCUT2D eigenvalue weighted by Crippen LogP contribution is 2.15. The zero-order valence-electron chi connectivity index (χ0n) is 13.5. The Hall–Kier alpha value is -2.33. The second kappa shape index (κ2) is 9.08. The van der Waals surface area contributed by atoms with Crippen molar-refractivity contribution >= 4 is 29.2 Å². The number of carbonyl (C=O) groups excluding carboxylic acids is 2. The van der Waals surface area contributed by atoms with E-state index in [9.17, 15) is 9.59 Å². The van der Waals surface area contributed by atoms with Gasteiger partial charge in [-0.1, -0.05) is 37.4 Å². The Morgan fingerprint density at radius 2 is 1.79 bits per heavy atom. The van der Waals surface area contributed by atoms with Gasteiger partial charge in [-0.15, -0.1) is 0 Å². The van der Waals surface area contributed by atoms with Crippen LogP contribution in [0, 0.1) is 0 Å². The summed E-state index contributed by atoms with van der Waals surface area (Å²) >= 11 is 5.88. The smallest absolute Gasteiger partial charge is 0.338 e. The summed E-state index contributed by atoms with van der Waals surface area (Å²) in [4.78, 5) is 24.0. The molecular weight excluding hydrogens is 326 g/mol. The van der Waals surface area contributed by atoms with Gasteiger partial charge in [-0.05, 0) is 48.9 Å². The third kappa shape index (κ3) is 5.39. The van der Waals surface area contributed by atoms with E-state index in [4.69, 9.17) is 16.3 Å². The predicted octanol–water partition coefficient (Wildman–Crippen LogP) is 4.94. The second-order valence-corrected chi connectivity index (χ2v) is 5.82. The Kier molecular flexibility index (Phi) is 6.82. The summed E-state index contributed by atoms with van der Waals surface area (Å²) in [5.74, 6) is -0.605. The van der Waals surface area contributed by atoms with Crippen LogP contribution in [-0.2, 0) is 4.74 Å². The number of ether oxygens (including phenoxy) is 1. The second-order valence-electron chi connectivity index (χ2n) is 5.38. The number of hydrogen-bond donors (Lipinski definition) is 1. The van der Waals surface area contributed by atoms with E-state index in [2.05, 4.69) is 12.2 Å². The molecule has 1 N–H and O–H groups in total. The van der Waals surface area contributed by atoms with Crippen molar-refractivity contribution in [2.75, 3.05) is 11.9 Å². The van der Waals surface area contributed by atoms with Gasteiger partial charge in [0.15, 0.2) is 0 Å². The van der Waals surface area contributed by atoms with Crippen LogP contribution < -0.4 is 5.32 Å². The molecule has 0 fully saturated rings. The van der Waals surface area contributed by atoms with Gasteiger partial charge in [0.25, 0.3) is 5.91 Å². The molecule has 4 nitrogen and oxygen atoms in total. The molecule has 0 aromatic heterocycles. The highest BCUT2D eigenvalue weighted by Gasteiger charge is 2.09. The maximum absolute atomic E-state index is 12.1. The molecule has 0 atom stereocenters. The third-order valence-corrected chi connectivity index (χ3v) is 3.68. The van der Waals surface area contributed by atoms with Crippen molar-refractivity contribution in [3.05, 3.63) is 64.7 Å². The molecule has 0 saturated carbocycles. The quantitative estimate of drug-likeness (QED) is 0.571. The summed E-state index contributed by atoms with van der Waals surface area (Å²) in [6.07, 6.45) is 3.00. The minimum absolute atomic E-state index is 0.257. The summed E-state index contributed by atoms with van der Waals surface area (Å²) in [5, 5.41) is 3.27. The highest BCUT2D eigenvalue weighted by molar-refractivity contribution is 6.31. The average Bonchev–Trinajstić information content (AvgIpc) is 2.59. The summed E-state index contributed by atoms with van der Waals surface area (Å²) in [6, 6.07) is 13.3. The van der Waals surface area contributed by atoms with Crippen LogP contribution in [0.5, 0.6) is 0 Å². The number of rotatable bonds is 7. The minimum atomic E-state index is -0.348. The van der Waals surface area contributed by atoms with Crippen molar-refractivity contribution in [3.63, 3.8) is 0 Å². The third-order valence-electron chi connectivity index (χ3n) is 3.45. The Labute approximate surface area is 146 Å². The maximum atomic E-state index is 12.1. The summed E-state index contributed by atoms with van der Waals surface area (Å²) in [7, 11) is 0. The Morgan fingerprint density at radius 3 is 2.46 bits per heavy atom. The SMILES string of the molecule is CCCCCOC(=O)c1ccc(NC(=O)c2cccc(Cl)c2)cc1. The van der Waals surface area contributed by atoms with Gasteiger partial charge >= 0.3 is 5.97 Å². The van der Waals surface area contributed by atoms with E-state index < -0.39 is 0 Å². The highest BCUT2D eigenvalue weighted by atomic mass is 35.5. The molecule has 2 aromatic carbocycles. The maximum Gasteiger partial charge on any atom is 0.338 e. The molecule has 126 valence electrons. The molecule has 2 rings (SSSR count). The van der Waals surface area contributed by atoms with E-state index in [1.54, 1.807) is 48.5 Å². The first-order valence-corrected chi connectivity index (χ1v) is 8.32. The van der Waals surface area contributed by atoms with Crippen molar-refractivity contribution in [3.8, 4) is 0 Å². The van der Waals surface area contributed by atoms with Crippen LogP contribution in [0.25, 0.3) is 0 Å². The zero-order valence-corrected chi connectivity index (χ0v) is 14.3. The van der Waals surface area contributed by atoms with Gasteiger partial charge in [0.1, 0.15) is 0 Å². The normalized spacial score (nSPS) is 10.2. The molecule has 0 radical (unpaired) electrons. The van der Waals surface area contributed by atoms with Gasteiger partial charge < -0.3 is 10.1 Å². The molecule has 0 spiro atoms. The number of nitrogens with one attached hydrogen (secondary N) is 1. The fourth-order valence-corrected chi connectivity index (χ4v) is 2.31. The minimum Gasteiger partial charge on any atom is -0.462 e. The molecule has 0 unspecified atom stereocenters. The van der Waals surface area contributed by atoms with Crippen LogP contribution in [0.15, 0.2) is 48.5 Å². The Bertz CT molecular complexity index is 698. The first kappa shape index (κ1) is 18.0. The largest absolute Gasteiger partial charge is 0.462 e. The van der Waals surface area contributed by atoms with Crippen LogP contribution in [0.1, 0.15) is 46.9 Å². The lowest BCUT2D eigenvalue weighted by molar-refractivity contribution is 0.0498. The fraction of sp³-hybridized carbons (Fsp3) is 0.263. The molecule has 0 aliphatic carbocycles. The first-order chi connectivity index (χ1) is 11.6. The first-order valence-electron chi connectivity index (χ1n) is 7.94. The Morgan fingerprint density at radius 1 is 1.04 bits per heavy atom. The zero-order chi connectivity index (χ0) is 17.4. The summed E-state index contributed by atoms with van der Waals surface area (Å²) in [5.41, 5.74) is 1.54. The monoisotopic (exact) mass is 345 g/mol. The molecule has 0 aliphatic rings. The molecule has 0 saturated heterocycles. The predicted molar refractivity (Wildman–Crippen MR) is 95.7 cm³/mol. The molecule has 1 amide bonds. The molecule has 0 heterocycles. The molecule has 5 heteroatoms. The van der Waals surface area contributed by atoms with E-state index in [1.807, 2.05) is 0 Å². The van der Waals surface area contributed by atoms with Crippen LogP contribution in [0.2, 0.25) is 5.02 Å². The molecular formula is C19H20ClNO3. The number of halogens is 1. The van der Waals surface area contributed by atoms with Gasteiger partial charge in [-0.3, -0.25) is 4.79 Å². The molecule has 2 aromatic rings. The van der Waals surface area contributed by atoms with Gasteiger partial charge in [-0.2, -0.15) is 0 Å². The van der Waals surface area contributed by atoms with Crippen LogP contribution in [0.4, 0.5) is 5.69 Å². The average molecular weight is 346 g/mol. The topological polar surface area (TPSA) is 55.4 Å². The number of carbonyl (C=O) groups is 2. The van der Waals surface area contributed by atoms with Crippen LogP contribution >= 0.6 is 11.6 Å². The van der Waals surface area contributed by atoms with Crippen molar-refractivity contribution in [1.29, 1.82) is 0 Å². The van der Waals surface area contributed by atoms with Gasteiger partial charge in [-0.25, -0.2) is 4.79 Å². The summed E-state index contributed by atoms with van der Waals surface area (Å²) < 4.78 is 5.19. The number of benzene rings is 2. The Balaban J connectivity index is 1.92. The standard InChI is InChI=1S/C19H20ClNO3/c1-2-3-4-12-24-19(23)14-8-10-17(11-9-14)21-18(22)15-6-5-7-16(20)13-15/h5-11,13H,2-4,12H2,1H3,(H,21,22). The lowest BCUT2D eigenvalue weighted by atomic mass is 10.2. The number of esters is 1. The van der Waals surface area contributed by atoms with E-state index in [1.165, 1.54) is 0 Å². The van der Waals surface area contributed by atoms with E-state index in [0.717, 1.165) is 19.3 Å². The number of hydrogen-bond acceptors (Lipinski definition) is 3. The number of anilines is 1. The van der Waals surface area contributed by atoms with Crippen molar-refractivity contribution in [2.45, 2.75) is 26.2 Å². The van der Waals surface area contributed by atoms with Crippen LogP contribution in [0.3, 0.4) is 0 Å². The van der Waals surface area contributed by atoms with Gasteiger partial charge in [0, 0.05) is 16.3 Å². The molecule has 24 heavy (non-hydrogen) atoms. The fourth-order valence-electron chi connectivity index (χ4n) is 2.12. The van der Waals surface area contributed by atoms with Crippen molar-refractivity contribution in [2.24, 2.45) is 0 Å². The van der Waals surface area contributed by atoms with Gasteiger partial charge in [0.05, 0.1) is 12.2 Å². The molecule has 0 bridgehead atoms. The van der Waals surface area contributed by atoms with Crippen molar-refractivity contribution < 1.29 is 14.3 Å². The van der Waals surface area contributed by atoms with Crippen LogP contribution in [-0.4, -0.2) is 18.5 Å². The van der Waals surface area contributed by atoms with Gasteiger partial charge in [0.2, 0.25) is 0 Å². The lowest BCUT2D eigenvalue weighted by Gasteiger charge is -2.07. The molecule has 0 aliphatic heterocycles. The number of unbranched alkanes of at least 4 members (excludes halogenated alkanes) is 2. The lowest BCUT2D eigenvalue weighted by Crippen LogP contribution is -2.12. The van der Waals surface area contributed by atoms with Crippen molar-refractivity contribution in [1.82, 2.24) is 0 Å². The van der Waals surface area contributed by atoms with E-state index in [-0.39, 0.29) is 11.9 Å².